The smallest absolute Gasteiger partial charge is 0.383 e. The third kappa shape index (κ3) is 8.32. The van der Waals surface area contributed by atoms with Crippen LogP contribution in [-0.2, 0) is 19.1 Å². The number of halogens is 6. The zero-order valence-corrected chi connectivity index (χ0v) is 24.3. The maximum Gasteiger partial charge on any atom is 0.389 e. The number of primary amides is 1. The first-order valence-electron chi connectivity index (χ1n) is 14.2. The van der Waals surface area contributed by atoms with Gasteiger partial charge in [-0.3, -0.25) is 14.4 Å². The van der Waals surface area contributed by atoms with Gasteiger partial charge in [0.25, 0.3) is 5.91 Å². The Morgan fingerprint density at radius 3 is 2.22 bits per heavy atom. The van der Waals surface area contributed by atoms with Crippen LogP contribution in [0.2, 0.25) is 0 Å². The first kappa shape index (κ1) is 33.7. The summed E-state index contributed by atoms with van der Waals surface area (Å²) in [5, 5.41) is 2.36. The van der Waals surface area contributed by atoms with Gasteiger partial charge in [0.05, 0.1) is 23.7 Å². The number of methoxy groups -OCH3 is 1. The molecule has 2 aliphatic rings. The van der Waals surface area contributed by atoms with Gasteiger partial charge in [0, 0.05) is 62.5 Å². The lowest BCUT2D eigenvalue weighted by atomic mass is 9.83. The maximum absolute atomic E-state index is 14.0. The van der Waals surface area contributed by atoms with E-state index >= 15 is 0 Å². The van der Waals surface area contributed by atoms with Gasteiger partial charge in [-0.25, -0.2) is 4.99 Å². The molecule has 0 saturated carbocycles. The second-order valence-corrected chi connectivity index (χ2v) is 10.8. The summed E-state index contributed by atoms with van der Waals surface area (Å²) in [5.41, 5.74) is 7.96. The van der Waals surface area contributed by atoms with E-state index in [-0.39, 0.29) is 6.54 Å². The van der Waals surface area contributed by atoms with E-state index < -0.39 is 73.8 Å². The van der Waals surface area contributed by atoms with Crippen molar-refractivity contribution in [1.82, 2.24) is 5.32 Å². The molecule has 2 aliphatic heterocycles. The summed E-state index contributed by atoms with van der Waals surface area (Å²) in [4.78, 5) is 47.8. The minimum atomic E-state index is -4.78. The van der Waals surface area contributed by atoms with Gasteiger partial charge in [-0.15, -0.1) is 0 Å². The van der Waals surface area contributed by atoms with Crippen molar-refractivity contribution < 1.29 is 45.5 Å². The van der Waals surface area contributed by atoms with Crippen LogP contribution in [-0.4, -0.2) is 75.3 Å². The number of carbonyl (C=O) groups is 3. The Morgan fingerprint density at radius 2 is 1.62 bits per heavy atom. The molecule has 4 rings (SSSR count). The summed E-state index contributed by atoms with van der Waals surface area (Å²) >= 11 is 0. The number of rotatable bonds is 12. The molecule has 0 radical (unpaired) electrons. The molecule has 15 heteroatoms. The van der Waals surface area contributed by atoms with Gasteiger partial charge >= 0.3 is 12.4 Å². The number of hydrogen-bond acceptors (Lipinski definition) is 6. The second kappa shape index (κ2) is 13.9. The average molecular weight is 642 g/mol. The molecule has 0 unspecified atom stereocenters. The van der Waals surface area contributed by atoms with Gasteiger partial charge in [0.2, 0.25) is 18.0 Å². The predicted molar refractivity (Wildman–Crippen MR) is 154 cm³/mol. The van der Waals surface area contributed by atoms with E-state index in [0.29, 0.717) is 47.9 Å². The van der Waals surface area contributed by atoms with Crippen LogP contribution >= 0.6 is 0 Å². The quantitative estimate of drug-likeness (QED) is 0.338. The topological polar surface area (TPSA) is 117 Å². The molecule has 0 aliphatic carbocycles. The number of hydrogen-bond donors (Lipinski definition) is 2. The molecular weight excluding hydrogens is 608 g/mol. The lowest BCUT2D eigenvalue weighted by molar-refractivity contribution is -0.152. The standard InChI is InChI=1S/C30H33F6N5O4/c1-45-17-16-40-14-15-41-24-21(8-5-9-22(24)40)23(18-6-3-2-4-7-18)38-26(28(41)44)39-27(43)20(11-13-30(34,35)36)19(25(37)42)10-12-29(31,32)33/h2-9,19-20,26H,10-17H2,1H3,(H2,37,42)(H,39,43)/t19-,20+,26-/m1/s1. The summed E-state index contributed by atoms with van der Waals surface area (Å²) in [7, 11) is 1.56. The third-order valence-electron chi connectivity index (χ3n) is 7.79. The average Bonchev–Trinajstić information content (AvgIpc) is 3.09. The van der Waals surface area contributed by atoms with E-state index in [0.717, 1.165) is 0 Å². The van der Waals surface area contributed by atoms with Gasteiger partial charge in [0.1, 0.15) is 0 Å². The summed E-state index contributed by atoms with van der Waals surface area (Å²) in [6, 6.07) is 14.1. The number of nitrogens with two attached hydrogens (primary N) is 1. The Morgan fingerprint density at radius 1 is 0.978 bits per heavy atom. The number of ether oxygens (including phenoxy) is 1. The highest BCUT2D eigenvalue weighted by Crippen LogP contribution is 2.40. The number of nitrogens with one attached hydrogen (secondary N) is 1. The van der Waals surface area contributed by atoms with Crippen molar-refractivity contribution in [2.24, 2.45) is 22.6 Å². The van der Waals surface area contributed by atoms with Crippen molar-refractivity contribution in [3.05, 3.63) is 59.7 Å². The van der Waals surface area contributed by atoms with Crippen molar-refractivity contribution >= 4 is 34.8 Å². The molecular formula is C30H33F6N5O4. The third-order valence-corrected chi connectivity index (χ3v) is 7.79. The first-order valence-corrected chi connectivity index (χ1v) is 14.2. The molecule has 2 heterocycles. The molecule has 0 fully saturated rings. The number of para-hydroxylation sites is 1. The lowest BCUT2D eigenvalue weighted by Gasteiger charge is -2.38. The highest BCUT2D eigenvalue weighted by Gasteiger charge is 2.42. The molecule has 3 amide bonds. The Labute approximate surface area is 255 Å². The van der Waals surface area contributed by atoms with Crippen LogP contribution in [0.25, 0.3) is 0 Å². The van der Waals surface area contributed by atoms with Crippen LogP contribution in [0.15, 0.2) is 53.5 Å². The van der Waals surface area contributed by atoms with E-state index in [9.17, 15) is 40.7 Å². The van der Waals surface area contributed by atoms with Gasteiger partial charge in [0.15, 0.2) is 0 Å². The Balaban J connectivity index is 1.75. The molecule has 2 aromatic carbocycles. The lowest BCUT2D eigenvalue weighted by Crippen LogP contribution is -2.53. The first-order chi connectivity index (χ1) is 21.2. The van der Waals surface area contributed by atoms with E-state index in [1.165, 1.54) is 4.90 Å². The second-order valence-electron chi connectivity index (χ2n) is 10.8. The van der Waals surface area contributed by atoms with Crippen molar-refractivity contribution in [2.45, 2.75) is 44.2 Å². The van der Waals surface area contributed by atoms with E-state index in [1.807, 2.05) is 11.0 Å². The number of nitrogens with zero attached hydrogens (tertiary/aromatic N) is 3. The summed E-state index contributed by atoms with van der Waals surface area (Å²) in [5.74, 6) is -7.06. The Kier molecular flexibility index (Phi) is 10.4. The summed E-state index contributed by atoms with van der Waals surface area (Å²) in [6.45, 7) is 1.48. The van der Waals surface area contributed by atoms with Gasteiger partial charge in [-0.05, 0) is 18.9 Å². The zero-order valence-electron chi connectivity index (χ0n) is 24.3. The van der Waals surface area contributed by atoms with Crippen molar-refractivity contribution in [2.75, 3.05) is 43.2 Å². The largest absolute Gasteiger partial charge is 0.389 e. The minimum absolute atomic E-state index is 0.170. The Hall–Kier alpha value is -4.14. The molecule has 0 bridgehead atoms. The molecule has 45 heavy (non-hydrogen) atoms. The number of amides is 3. The SMILES string of the molecule is COCCN1CCN2C(=O)[C@@H](NC(=O)[C@@H](CCC(F)(F)F)[C@@H](CCC(F)(F)F)C(N)=O)N=C(c3ccccc3)c3cccc1c32. The molecule has 244 valence electrons. The monoisotopic (exact) mass is 641 g/mol. The molecule has 0 saturated heterocycles. The van der Waals surface area contributed by atoms with Crippen LogP contribution in [0.4, 0.5) is 37.7 Å². The highest BCUT2D eigenvalue weighted by atomic mass is 19.4. The number of benzene rings is 2. The summed E-state index contributed by atoms with van der Waals surface area (Å²) in [6.07, 6.45) is -16.3. The van der Waals surface area contributed by atoms with Gasteiger partial charge < -0.3 is 25.6 Å². The number of anilines is 2. The van der Waals surface area contributed by atoms with Gasteiger partial charge in [-0.2, -0.15) is 26.3 Å². The number of alkyl halides is 6. The van der Waals surface area contributed by atoms with Crippen molar-refractivity contribution in [3.63, 3.8) is 0 Å². The maximum atomic E-state index is 14.0. The fraction of sp³-hybridized carbons (Fsp3) is 0.467. The molecule has 0 aromatic heterocycles. The van der Waals surface area contributed by atoms with Crippen molar-refractivity contribution in [3.8, 4) is 0 Å². The molecule has 2 aromatic rings. The van der Waals surface area contributed by atoms with Crippen LogP contribution < -0.4 is 20.9 Å². The normalized spacial score (nSPS) is 18.1. The van der Waals surface area contributed by atoms with Crippen LogP contribution in [0.3, 0.4) is 0 Å². The van der Waals surface area contributed by atoms with Crippen LogP contribution in [0.5, 0.6) is 0 Å². The van der Waals surface area contributed by atoms with E-state index in [2.05, 4.69) is 10.3 Å². The van der Waals surface area contributed by atoms with Crippen LogP contribution in [0.1, 0.15) is 36.8 Å². The highest BCUT2D eigenvalue weighted by molar-refractivity contribution is 6.22. The number of aliphatic imine (C=N–C) groups is 1. The van der Waals surface area contributed by atoms with E-state index in [4.69, 9.17) is 10.5 Å². The van der Waals surface area contributed by atoms with E-state index in [1.54, 1.807) is 49.6 Å². The predicted octanol–water partition coefficient (Wildman–Crippen LogP) is 4.18. The number of carbonyl (C=O) groups excluding carboxylic acids is 3. The fourth-order valence-electron chi connectivity index (χ4n) is 5.63. The van der Waals surface area contributed by atoms with Crippen LogP contribution in [0, 0.1) is 11.8 Å². The zero-order chi connectivity index (χ0) is 32.9. The Bertz CT molecular complexity index is 1420. The molecule has 3 N–H and O–H groups in total. The van der Waals surface area contributed by atoms with Gasteiger partial charge in [-0.1, -0.05) is 42.5 Å². The minimum Gasteiger partial charge on any atom is -0.383 e. The molecule has 9 nitrogen and oxygen atoms in total. The summed E-state index contributed by atoms with van der Waals surface area (Å²) < 4.78 is 83.9. The fourth-order valence-corrected chi connectivity index (χ4v) is 5.63. The van der Waals surface area contributed by atoms with Crippen molar-refractivity contribution in [1.29, 1.82) is 0 Å². The molecule has 3 atom stereocenters. The molecule has 0 spiro atoms.